The van der Waals surface area contributed by atoms with E-state index in [1.807, 2.05) is 31.2 Å². The number of phosphoric ester groups is 1. The van der Waals surface area contributed by atoms with Crippen molar-refractivity contribution in [3.05, 3.63) is 70.1 Å². The number of methoxy groups -OCH3 is 1. The maximum absolute atomic E-state index is 14.3. The van der Waals surface area contributed by atoms with Gasteiger partial charge in [-0.2, -0.15) is 5.10 Å². The third-order valence-corrected chi connectivity index (χ3v) is 11.9. The number of unbranched alkanes of at least 4 members (excludes halogenated alkanes) is 1. The first kappa shape index (κ1) is 41.6. The monoisotopic (exact) mass is 852 g/mol. The first-order chi connectivity index (χ1) is 26.8. The zero-order valence-electron chi connectivity index (χ0n) is 31.9. The highest BCUT2D eigenvalue weighted by atomic mass is 79.9. The number of aromatic nitrogens is 5. The summed E-state index contributed by atoms with van der Waals surface area (Å²) in [5.74, 6) is 0.144. The van der Waals surface area contributed by atoms with Gasteiger partial charge in [0.15, 0.2) is 17.3 Å². The summed E-state index contributed by atoms with van der Waals surface area (Å²) >= 11 is 3.41. The second-order valence-electron chi connectivity index (χ2n) is 14.3. The van der Waals surface area contributed by atoms with Crippen LogP contribution in [0.1, 0.15) is 73.5 Å². The molecular formula is C39H46BrN6O9P. The van der Waals surface area contributed by atoms with E-state index in [-0.39, 0.29) is 68.2 Å². The third-order valence-electron chi connectivity index (χ3n) is 10.5. The predicted molar refractivity (Wildman–Crippen MR) is 209 cm³/mol. The van der Waals surface area contributed by atoms with Crippen LogP contribution in [-0.4, -0.2) is 96.8 Å². The van der Waals surface area contributed by atoms with E-state index in [1.165, 1.54) is 14.0 Å². The maximum atomic E-state index is 14.3. The molecular weight excluding hydrogens is 807 g/mol. The molecule has 1 saturated heterocycles. The third kappa shape index (κ3) is 9.72. The molecule has 0 spiro atoms. The molecule has 1 saturated carbocycles. The number of amides is 1. The fraction of sp³-hybridized carbons (Fsp3) is 0.487. The molecule has 5 atom stereocenters. The average Bonchev–Trinajstić information content (AvgIpc) is 3.48. The first-order valence-electron chi connectivity index (χ1n) is 18.7. The second-order valence-corrected chi connectivity index (χ2v) is 16.6. The summed E-state index contributed by atoms with van der Waals surface area (Å²) in [4.78, 5) is 78.0. The van der Waals surface area contributed by atoms with Crippen LogP contribution >= 0.6 is 23.8 Å². The van der Waals surface area contributed by atoms with Gasteiger partial charge in [0.05, 0.1) is 36.9 Å². The first-order valence-corrected chi connectivity index (χ1v) is 21.0. The molecule has 4 heterocycles. The lowest BCUT2D eigenvalue weighted by Gasteiger charge is -2.28. The smallest absolute Gasteiger partial charge is 0.382 e. The Morgan fingerprint density at radius 3 is 2.54 bits per heavy atom. The van der Waals surface area contributed by atoms with E-state index in [0.717, 1.165) is 30.4 Å². The van der Waals surface area contributed by atoms with E-state index in [9.17, 15) is 28.6 Å². The zero-order chi connectivity index (χ0) is 40.1. The summed E-state index contributed by atoms with van der Waals surface area (Å²) in [7, 11) is -2.95. The van der Waals surface area contributed by atoms with Gasteiger partial charge in [-0.3, -0.25) is 32.9 Å². The van der Waals surface area contributed by atoms with Crippen molar-refractivity contribution in [1.82, 2.24) is 29.6 Å². The zero-order valence-corrected chi connectivity index (χ0v) is 34.3. The molecule has 1 aliphatic heterocycles. The summed E-state index contributed by atoms with van der Waals surface area (Å²) in [5, 5.41) is 5.17. The molecule has 2 unspecified atom stereocenters. The van der Waals surface area contributed by atoms with E-state index in [2.05, 4.69) is 42.9 Å². The van der Waals surface area contributed by atoms with E-state index in [1.54, 1.807) is 28.0 Å². The van der Waals surface area contributed by atoms with Crippen LogP contribution in [0.15, 0.2) is 47.3 Å². The molecule has 15 nitrogen and oxygen atoms in total. The molecule has 6 rings (SSSR count). The van der Waals surface area contributed by atoms with Crippen molar-refractivity contribution in [2.45, 2.75) is 84.3 Å². The van der Waals surface area contributed by atoms with Gasteiger partial charge in [-0.15, -0.1) is 0 Å². The lowest BCUT2D eigenvalue weighted by molar-refractivity contribution is -0.139. The van der Waals surface area contributed by atoms with Gasteiger partial charge in [-0.25, -0.2) is 19.5 Å². The lowest BCUT2D eigenvalue weighted by atomic mass is 9.98. The number of piperidine rings is 1. The van der Waals surface area contributed by atoms with Gasteiger partial charge in [0.25, 0.3) is 0 Å². The van der Waals surface area contributed by atoms with Gasteiger partial charge in [0, 0.05) is 56.3 Å². The highest BCUT2D eigenvalue weighted by molar-refractivity contribution is 9.10. The van der Waals surface area contributed by atoms with Crippen molar-refractivity contribution in [1.29, 1.82) is 0 Å². The van der Waals surface area contributed by atoms with Gasteiger partial charge < -0.3 is 14.5 Å². The van der Waals surface area contributed by atoms with Crippen LogP contribution in [-0.2, 0) is 52.1 Å². The Labute approximate surface area is 333 Å². The molecule has 1 amide bonds. The number of carbonyl (C=O) groups is 4. The molecule has 56 heavy (non-hydrogen) atoms. The summed E-state index contributed by atoms with van der Waals surface area (Å²) in [6.45, 7) is 4.73. The van der Waals surface area contributed by atoms with E-state index < -0.39 is 26.3 Å². The molecule has 1 aliphatic carbocycles. The standard InChI is InChI=1S/C39H46BrN6O9P/c1-5-6-7-28-29-17-33(34(49)18-31-23(2)8-12-35(40)43-31)46(39(28)29)37(50)21-45-32-11-9-25(16-30(32)38(44-45)24(3)47)26-19-41-36(42-20-26)13-10-27(48)22-55-56(51,52)54-15-14-53-4/h8-9,11-12,16,19-20,28-29,33,39H,5-7,10,13-15,17-18,21-22H2,1-4H3,(H,51,52)/t28?,29-,33-,39+/m0/s1. The van der Waals surface area contributed by atoms with Gasteiger partial charge in [-0.05, 0) is 76.9 Å². The quantitative estimate of drug-likeness (QED) is 0.0496. The number of ketones is 3. The van der Waals surface area contributed by atoms with Crippen LogP contribution in [0.25, 0.3) is 22.0 Å². The van der Waals surface area contributed by atoms with Crippen molar-refractivity contribution >= 4 is 57.9 Å². The predicted octanol–water partition coefficient (Wildman–Crippen LogP) is 5.66. The van der Waals surface area contributed by atoms with Crippen LogP contribution in [0, 0.1) is 18.8 Å². The minimum absolute atomic E-state index is 0.0136. The number of pyridine rings is 1. The molecule has 0 bridgehead atoms. The van der Waals surface area contributed by atoms with Crippen molar-refractivity contribution in [2.75, 3.05) is 26.9 Å². The summed E-state index contributed by atoms with van der Waals surface area (Å²) in [5.41, 5.74) is 3.81. The number of carbonyl (C=O) groups excluding carboxylic acids is 4. The minimum atomic E-state index is -4.37. The van der Waals surface area contributed by atoms with E-state index in [0.29, 0.717) is 50.8 Å². The fourth-order valence-corrected chi connectivity index (χ4v) is 8.55. The number of hydrogen-bond acceptors (Lipinski definition) is 12. The van der Waals surface area contributed by atoms with E-state index >= 15 is 0 Å². The SMILES string of the molecule is CCCCC1[C@@H]2[C@H]1C[C@@H](C(=O)Cc1nc(Br)ccc1C)N2C(=O)Cn1nc(C(C)=O)c2cc(-c3cnc(CCC(=O)COP(=O)(O)OCCOC)nc3)ccc21. The van der Waals surface area contributed by atoms with Crippen molar-refractivity contribution in [3.63, 3.8) is 0 Å². The summed E-state index contributed by atoms with van der Waals surface area (Å²) in [6, 6.07) is 8.69. The molecule has 2 fully saturated rings. The summed E-state index contributed by atoms with van der Waals surface area (Å²) < 4.78 is 28.3. The number of benzene rings is 1. The normalized spacial score (nSPS) is 19.9. The Morgan fingerprint density at radius 2 is 1.82 bits per heavy atom. The fourth-order valence-electron chi connectivity index (χ4n) is 7.52. The lowest BCUT2D eigenvalue weighted by Crippen LogP contribution is -2.46. The van der Waals surface area contributed by atoms with Crippen LogP contribution in [0.5, 0.6) is 0 Å². The van der Waals surface area contributed by atoms with Gasteiger partial charge >= 0.3 is 7.82 Å². The number of nitrogens with zero attached hydrogens (tertiary/aromatic N) is 6. The molecule has 1 aromatic carbocycles. The van der Waals surface area contributed by atoms with Crippen LogP contribution in [0.4, 0.5) is 0 Å². The molecule has 4 aromatic rings. The number of fused-ring (bicyclic) bond motifs is 2. The summed E-state index contributed by atoms with van der Waals surface area (Å²) in [6.07, 6.45) is 7.31. The highest BCUT2D eigenvalue weighted by Gasteiger charge is 2.62. The number of ether oxygens (including phenoxy) is 1. The minimum Gasteiger partial charge on any atom is -0.382 e. The Kier molecular flexibility index (Phi) is 13.4. The van der Waals surface area contributed by atoms with Crippen molar-refractivity contribution in [3.8, 4) is 11.1 Å². The number of phosphoric acid groups is 1. The topological polar surface area (TPSA) is 193 Å². The molecule has 3 aromatic heterocycles. The Bertz CT molecular complexity index is 2160. The largest absolute Gasteiger partial charge is 0.472 e. The number of likely N-dealkylation sites (tertiary alicyclic amines) is 1. The van der Waals surface area contributed by atoms with Gasteiger partial charge in [0.2, 0.25) is 5.91 Å². The van der Waals surface area contributed by atoms with Gasteiger partial charge in [-0.1, -0.05) is 31.9 Å². The van der Waals surface area contributed by atoms with Crippen LogP contribution < -0.4 is 0 Å². The second kappa shape index (κ2) is 18.0. The Morgan fingerprint density at radius 1 is 1.05 bits per heavy atom. The van der Waals surface area contributed by atoms with E-state index in [4.69, 9.17) is 13.8 Å². The molecule has 1 N–H and O–H groups in total. The van der Waals surface area contributed by atoms with Crippen molar-refractivity contribution < 1.29 is 42.4 Å². The number of hydrogen-bond donors (Lipinski definition) is 1. The number of aryl methyl sites for hydroxylation is 2. The molecule has 17 heteroatoms. The number of rotatable bonds is 20. The Hall–Kier alpha value is -4.05. The maximum Gasteiger partial charge on any atom is 0.472 e. The van der Waals surface area contributed by atoms with Gasteiger partial charge in [0.1, 0.15) is 29.3 Å². The molecule has 2 aliphatic rings. The van der Waals surface area contributed by atoms with Crippen molar-refractivity contribution in [2.24, 2.45) is 11.8 Å². The Balaban J connectivity index is 1.15. The average molecular weight is 854 g/mol. The number of Topliss-reactive ketones (excluding diaryl/α,β-unsaturated/α-hetero) is 3. The number of halogens is 1. The van der Waals surface area contributed by atoms with Crippen LogP contribution in [0.3, 0.4) is 0 Å². The highest BCUT2D eigenvalue weighted by Crippen LogP contribution is 2.56. The van der Waals surface area contributed by atoms with Crippen LogP contribution in [0.2, 0.25) is 0 Å². The molecule has 298 valence electrons. The molecule has 0 radical (unpaired) electrons.